The first-order valence-corrected chi connectivity index (χ1v) is 10.0. The third kappa shape index (κ3) is 4.21. The number of furan rings is 1. The van der Waals surface area contributed by atoms with Crippen LogP contribution < -0.4 is 0 Å². The fourth-order valence-corrected chi connectivity index (χ4v) is 3.80. The maximum absolute atomic E-state index is 14.8. The molecule has 1 aliphatic heterocycles. The van der Waals surface area contributed by atoms with Gasteiger partial charge in [0.15, 0.2) is 5.76 Å². The van der Waals surface area contributed by atoms with Crippen LogP contribution in [0.2, 0.25) is 0 Å². The van der Waals surface area contributed by atoms with E-state index in [1.165, 1.54) is 24.3 Å². The average Bonchev–Trinajstić information content (AvgIpc) is 3.19. The van der Waals surface area contributed by atoms with Gasteiger partial charge < -0.3 is 14.2 Å². The van der Waals surface area contributed by atoms with E-state index in [9.17, 15) is 18.4 Å². The molecule has 2 amide bonds. The van der Waals surface area contributed by atoms with E-state index in [1.54, 1.807) is 47.9 Å². The highest BCUT2D eigenvalue weighted by Crippen LogP contribution is 2.28. The van der Waals surface area contributed by atoms with Crippen molar-refractivity contribution in [2.45, 2.75) is 13.8 Å². The highest BCUT2D eigenvalue weighted by molar-refractivity contribution is 5.95. The number of halogens is 2. The number of amides is 2. The molecule has 0 aliphatic carbocycles. The molecule has 0 spiro atoms. The third-order valence-corrected chi connectivity index (χ3v) is 5.50. The number of hydrogen-bond acceptors (Lipinski definition) is 3. The third-order valence-electron chi connectivity index (χ3n) is 5.50. The topological polar surface area (TPSA) is 53.8 Å². The van der Waals surface area contributed by atoms with Gasteiger partial charge in [0.25, 0.3) is 11.8 Å². The van der Waals surface area contributed by atoms with E-state index in [4.69, 9.17) is 4.42 Å². The first-order valence-electron chi connectivity index (χ1n) is 10.0. The van der Waals surface area contributed by atoms with Gasteiger partial charge in [-0.3, -0.25) is 9.59 Å². The molecule has 3 aromatic rings. The lowest BCUT2D eigenvalue weighted by molar-refractivity contribution is 0.0517. The predicted octanol–water partition coefficient (Wildman–Crippen LogP) is 4.44. The summed E-state index contributed by atoms with van der Waals surface area (Å²) in [6, 6.07) is 11.9. The van der Waals surface area contributed by atoms with Crippen LogP contribution in [0.3, 0.4) is 0 Å². The Morgan fingerprint density at radius 2 is 1.45 bits per heavy atom. The zero-order valence-corrected chi connectivity index (χ0v) is 17.3. The first-order chi connectivity index (χ1) is 14.8. The van der Waals surface area contributed by atoms with E-state index in [1.807, 2.05) is 0 Å². The number of carbonyl (C=O) groups is 2. The summed E-state index contributed by atoms with van der Waals surface area (Å²) in [5, 5.41) is 0. The summed E-state index contributed by atoms with van der Waals surface area (Å²) in [4.78, 5) is 28.6. The first kappa shape index (κ1) is 20.8. The second kappa shape index (κ2) is 8.34. The molecular formula is C24H22F2N2O3. The molecule has 31 heavy (non-hydrogen) atoms. The van der Waals surface area contributed by atoms with E-state index in [0.717, 1.165) is 0 Å². The van der Waals surface area contributed by atoms with Crippen LogP contribution in [0.1, 0.15) is 32.2 Å². The Kier molecular flexibility index (Phi) is 5.59. The molecule has 1 fully saturated rings. The Morgan fingerprint density at radius 1 is 0.806 bits per heavy atom. The Hall–Kier alpha value is -3.48. The SMILES string of the molecule is Cc1ccc(C(=O)N2CCN(C(=O)c3ccc(-c4ccc(F)cc4C)c(F)c3)CC2)o1. The van der Waals surface area contributed by atoms with Crippen LogP contribution >= 0.6 is 0 Å². The number of carbonyl (C=O) groups excluding carboxylic acids is 2. The van der Waals surface area contributed by atoms with Crippen LogP contribution in [-0.2, 0) is 0 Å². The van der Waals surface area contributed by atoms with Gasteiger partial charge in [0.1, 0.15) is 17.4 Å². The Bertz CT molecular complexity index is 1150. The molecule has 0 saturated carbocycles. The predicted molar refractivity (Wildman–Crippen MR) is 112 cm³/mol. The van der Waals surface area contributed by atoms with Gasteiger partial charge in [-0.05, 0) is 61.4 Å². The lowest BCUT2D eigenvalue weighted by Gasteiger charge is -2.34. The molecule has 7 heteroatoms. The van der Waals surface area contributed by atoms with Crippen molar-refractivity contribution in [3.8, 4) is 11.1 Å². The van der Waals surface area contributed by atoms with Gasteiger partial charge in [0, 0.05) is 37.3 Å². The fraction of sp³-hybridized carbons (Fsp3) is 0.250. The van der Waals surface area contributed by atoms with E-state index in [0.29, 0.717) is 48.6 Å². The molecule has 2 heterocycles. The molecular weight excluding hydrogens is 402 g/mol. The zero-order chi connectivity index (χ0) is 22.1. The molecule has 1 saturated heterocycles. The molecule has 160 valence electrons. The van der Waals surface area contributed by atoms with Gasteiger partial charge in [0.05, 0.1) is 0 Å². The van der Waals surface area contributed by atoms with E-state index in [-0.39, 0.29) is 29.0 Å². The summed E-state index contributed by atoms with van der Waals surface area (Å²) in [6.07, 6.45) is 0. The van der Waals surface area contributed by atoms with Crippen molar-refractivity contribution in [2.24, 2.45) is 0 Å². The Balaban J connectivity index is 1.44. The van der Waals surface area contributed by atoms with Crippen molar-refractivity contribution >= 4 is 11.8 Å². The largest absolute Gasteiger partial charge is 0.456 e. The molecule has 0 N–H and O–H groups in total. The highest BCUT2D eigenvalue weighted by atomic mass is 19.1. The molecule has 0 radical (unpaired) electrons. The van der Waals surface area contributed by atoms with Crippen molar-refractivity contribution in [2.75, 3.05) is 26.2 Å². The van der Waals surface area contributed by atoms with Gasteiger partial charge in [-0.25, -0.2) is 8.78 Å². The van der Waals surface area contributed by atoms with Crippen LogP contribution in [-0.4, -0.2) is 47.8 Å². The van der Waals surface area contributed by atoms with Crippen LogP contribution in [0, 0.1) is 25.5 Å². The van der Waals surface area contributed by atoms with Gasteiger partial charge in [-0.1, -0.05) is 12.1 Å². The summed E-state index contributed by atoms with van der Waals surface area (Å²) in [7, 11) is 0. The minimum Gasteiger partial charge on any atom is -0.456 e. The van der Waals surface area contributed by atoms with Crippen LogP contribution in [0.5, 0.6) is 0 Å². The van der Waals surface area contributed by atoms with Gasteiger partial charge in [-0.2, -0.15) is 0 Å². The zero-order valence-electron chi connectivity index (χ0n) is 17.3. The van der Waals surface area contributed by atoms with Crippen LogP contribution in [0.25, 0.3) is 11.1 Å². The van der Waals surface area contributed by atoms with Crippen molar-refractivity contribution < 1.29 is 22.8 Å². The van der Waals surface area contributed by atoms with Crippen LogP contribution in [0.4, 0.5) is 8.78 Å². The minimum atomic E-state index is -0.539. The molecule has 0 atom stereocenters. The van der Waals surface area contributed by atoms with Gasteiger partial charge in [-0.15, -0.1) is 0 Å². The van der Waals surface area contributed by atoms with Crippen molar-refractivity contribution in [1.29, 1.82) is 0 Å². The summed E-state index contributed by atoms with van der Waals surface area (Å²) in [6.45, 7) is 4.94. The molecule has 5 nitrogen and oxygen atoms in total. The Morgan fingerprint density at radius 3 is 2.03 bits per heavy atom. The minimum absolute atomic E-state index is 0.203. The molecule has 1 aliphatic rings. The summed E-state index contributed by atoms with van der Waals surface area (Å²) < 4.78 is 33.5. The number of rotatable bonds is 3. The number of benzene rings is 2. The monoisotopic (exact) mass is 424 g/mol. The second-order valence-electron chi connectivity index (χ2n) is 7.65. The van der Waals surface area contributed by atoms with E-state index in [2.05, 4.69) is 0 Å². The number of hydrogen-bond donors (Lipinski definition) is 0. The normalized spacial score (nSPS) is 14.1. The number of nitrogens with zero attached hydrogens (tertiary/aromatic N) is 2. The Labute approximate surface area is 178 Å². The molecule has 0 bridgehead atoms. The number of piperazine rings is 1. The van der Waals surface area contributed by atoms with Gasteiger partial charge >= 0.3 is 0 Å². The molecule has 0 unspecified atom stereocenters. The van der Waals surface area contributed by atoms with Crippen molar-refractivity contribution in [3.05, 3.63) is 82.8 Å². The maximum Gasteiger partial charge on any atom is 0.289 e. The smallest absolute Gasteiger partial charge is 0.289 e. The van der Waals surface area contributed by atoms with Crippen LogP contribution in [0.15, 0.2) is 52.9 Å². The van der Waals surface area contributed by atoms with E-state index >= 15 is 0 Å². The molecule has 4 rings (SSSR count). The maximum atomic E-state index is 14.8. The summed E-state index contributed by atoms with van der Waals surface area (Å²) in [5.41, 5.74) is 1.75. The standard InChI is InChI=1S/C24H22F2N2O3/c1-15-13-18(25)5-7-19(15)20-6-4-17(14-21(20)26)23(29)27-9-11-28(12-10-27)24(30)22-8-3-16(2)31-22/h3-8,13-14H,9-12H2,1-2H3. The van der Waals surface area contributed by atoms with E-state index < -0.39 is 5.82 Å². The van der Waals surface area contributed by atoms with Gasteiger partial charge in [0.2, 0.25) is 0 Å². The average molecular weight is 424 g/mol. The second-order valence-corrected chi connectivity index (χ2v) is 7.65. The molecule has 1 aromatic heterocycles. The van der Waals surface area contributed by atoms with Crippen molar-refractivity contribution in [3.63, 3.8) is 0 Å². The lowest BCUT2D eigenvalue weighted by Crippen LogP contribution is -2.50. The fourth-order valence-electron chi connectivity index (χ4n) is 3.80. The summed E-state index contributed by atoms with van der Waals surface area (Å²) >= 11 is 0. The highest BCUT2D eigenvalue weighted by Gasteiger charge is 2.27. The number of aryl methyl sites for hydroxylation is 2. The quantitative estimate of drug-likeness (QED) is 0.625. The summed E-state index contributed by atoms with van der Waals surface area (Å²) in [5.74, 6) is -0.465. The molecule has 2 aromatic carbocycles. The lowest BCUT2D eigenvalue weighted by atomic mass is 9.98. The van der Waals surface area contributed by atoms with Crippen molar-refractivity contribution in [1.82, 2.24) is 9.80 Å².